The van der Waals surface area contributed by atoms with E-state index >= 15 is 0 Å². The Kier molecular flexibility index (Phi) is 3.87. The van der Waals surface area contributed by atoms with Gasteiger partial charge < -0.3 is 9.47 Å². The molecule has 0 aliphatic carbocycles. The molecule has 3 aromatic rings. The minimum absolute atomic E-state index is 0.281. The van der Waals surface area contributed by atoms with Crippen LogP contribution in [0.2, 0.25) is 0 Å². The number of ether oxygens (including phenoxy) is 2. The molecule has 2 aliphatic heterocycles. The van der Waals surface area contributed by atoms with Crippen molar-refractivity contribution in [2.75, 3.05) is 0 Å². The maximum absolute atomic E-state index is 12.6. The van der Waals surface area contributed by atoms with Crippen molar-refractivity contribution in [3.8, 4) is 5.75 Å². The van der Waals surface area contributed by atoms with Gasteiger partial charge in [-0.2, -0.15) is 0 Å². The fourth-order valence-electron chi connectivity index (χ4n) is 3.26. The lowest BCUT2D eigenvalue weighted by Gasteiger charge is -2.20. The summed E-state index contributed by atoms with van der Waals surface area (Å²) in [6.07, 6.45) is 1.85. The number of para-hydroxylation sites is 1. The molecule has 0 N–H and O–H groups in total. The average Bonchev–Trinajstić information content (AvgIpc) is 3.15. The number of carbonyl (C=O) groups is 1. The van der Waals surface area contributed by atoms with E-state index in [1.165, 1.54) is 0 Å². The smallest absolute Gasteiger partial charge is 0.364 e. The highest BCUT2D eigenvalue weighted by molar-refractivity contribution is 6.15. The summed E-state index contributed by atoms with van der Waals surface area (Å²) in [5, 5.41) is 0. The number of hydrogen-bond donors (Lipinski definition) is 0. The Balaban J connectivity index is 1.69. The Hall–Kier alpha value is -3.92. The van der Waals surface area contributed by atoms with E-state index in [1.807, 2.05) is 91.0 Å². The first kappa shape index (κ1) is 16.3. The van der Waals surface area contributed by atoms with Gasteiger partial charge in [0.25, 0.3) is 0 Å². The summed E-state index contributed by atoms with van der Waals surface area (Å²) in [6, 6.07) is 26.8. The number of esters is 1. The number of rotatable bonds is 2. The van der Waals surface area contributed by atoms with E-state index in [1.54, 1.807) is 0 Å². The van der Waals surface area contributed by atoms with E-state index in [2.05, 4.69) is 4.99 Å². The molecule has 0 unspecified atom stereocenters. The number of carbonyl (C=O) groups excluding carboxylic acids is 1. The molecule has 5 rings (SSSR count). The molecule has 28 heavy (non-hydrogen) atoms. The predicted molar refractivity (Wildman–Crippen MR) is 107 cm³/mol. The minimum atomic E-state index is -0.464. The lowest BCUT2D eigenvalue weighted by atomic mass is 9.98. The lowest BCUT2D eigenvalue weighted by molar-refractivity contribution is -0.129. The first-order chi connectivity index (χ1) is 13.8. The predicted octanol–water partition coefficient (Wildman–Crippen LogP) is 4.83. The van der Waals surface area contributed by atoms with E-state index in [9.17, 15) is 4.79 Å². The van der Waals surface area contributed by atoms with Crippen molar-refractivity contribution in [3.05, 3.63) is 113 Å². The van der Waals surface area contributed by atoms with Gasteiger partial charge in [0.1, 0.15) is 11.5 Å². The number of hydrogen-bond acceptors (Lipinski definition) is 4. The number of benzene rings is 3. The topological polar surface area (TPSA) is 47.9 Å². The summed E-state index contributed by atoms with van der Waals surface area (Å²) in [5.74, 6) is 1.20. The molecule has 0 radical (unpaired) electrons. The second-order valence-electron chi connectivity index (χ2n) is 6.41. The van der Waals surface area contributed by atoms with Gasteiger partial charge in [0, 0.05) is 22.3 Å². The van der Waals surface area contributed by atoms with E-state index in [4.69, 9.17) is 9.47 Å². The molecule has 0 amide bonds. The molecular weight excluding hydrogens is 350 g/mol. The van der Waals surface area contributed by atoms with Crippen LogP contribution in [-0.2, 0) is 9.53 Å². The van der Waals surface area contributed by atoms with Crippen molar-refractivity contribution < 1.29 is 14.3 Å². The molecule has 2 heterocycles. The third kappa shape index (κ3) is 2.81. The van der Waals surface area contributed by atoms with Crippen molar-refractivity contribution >= 4 is 23.2 Å². The van der Waals surface area contributed by atoms with Crippen LogP contribution in [0.3, 0.4) is 0 Å². The van der Waals surface area contributed by atoms with Gasteiger partial charge in [-0.1, -0.05) is 66.7 Å². The SMILES string of the molecule is O=C1OC(c2ccccc2)=N/C1=C1/C=C(c2ccccc2)Oc2ccccc21. The molecule has 0 fully saturated rings. The summed E-state index contributed by atoms with van der Waals surface area (Å²) in [7, 11) is 0. The van der Waals surface area contributed by atoms with Crippen molar-refractivity contribution in [1.29, 1.82) is 0 Å². The van der Waals surface area contributed by atoms with Crippen LogP contribution in [0.25, 0.3) is 11.3 Å². The number of fused-ring (bicyclic) bond motifs is 1. The fraction of sp³-hybridized carbons (Fsp3) is 0. The monoisotopic (exact) mass is 365 g/mol. The van der Waals surface area contributed by atoms with Gasteiger partial charge in [0.15, 0.2) is 5.70 Å². The minimum Gasteiger partial charge on any atom is -0.456 e. The van der Waals surface area contributed by atoms with E-state index < -0.39 is 5.97 Å². The Morgan fingerprint density at radius 2 is 1.32 bits per heavy atom. The number of cyclic esters (lactones) is 1. The maximum Gasteiger partial charge on any atom is 0.364 e. The standard InChI is InChI=1S/C24H15NO3/c26-24-22(25-23(28-24)17-11-5-2-6-12-17)19-15-21(16-9-3-1-4-10-16)27-20-14-8-7-13-18(19)20/h1-15H/b22-19-. The molecule has 0 aromatic heterocycles. The largest absolute Gasteiger partial charge is 0.456 e. The van der Waals surface area contributed by atoms with Gasteiger partial charge in [-0.15, -0.1) is 0 Å². The van der Waals surface area contributed by atoms with Gasteiger partial charge in [-0.05, 0) is 24.3 Å². The van der Waals surface area contributed by atoms with Crippen molar-refractivity contribution in [3.63, 3.8) is 0 Å². The first-order valence-corrected chi connectivity index (χ1v) is 8.94. The fourth-order valence-corrected chi connectivity index (χ4v) is 3.26. The Bertz CT molecular complexity index is 1160. The highest BCUT2D eigenvalue weighted by Gasteiger charge is 2.30. The summed E-state index contributed by atoms with van der Waals surface area (Å²) in [6.45, 7) is 0. The van der Waals surface area contributed by atoms with E-state index in [-0.39, 0.29) is 5.70 Å². The maximum atomic E-state index is 12.6. The van der Waals surface area contributed by atoms with Crippen LogP contribution >= 0.6 is 0 Å². The van der Waals surface area contributed by atoms with Gasteiger partial charge in [-0.25, -0.2) is 9.79 Å². The summed E-state index contributed by atoms with van der Waals surface area (Å²) in [5.41, 5.74) is 3.47. The Morgan fingerprint density at radius 3 is 2.07 bits per heavy atom. The molecule has 0 bridgehead atoms. The normalized spacial score (nSPS) is 17.9. The zero-order chi connectivity index (χ0) is 18.9. The van der Waals surface area contributed by atoms with Crippen LogP contribution in [0.15, 0.2) is 102 Å². The van der Waals surface area contributed by atoms with Gasteiger partial charge >= 0.3 is 5.97 Å². The molecule has 0 spiro atoms. The highest BCUT2D eigenvalue weighted by atomic mass is 16.6. The molecule has 4 nitrogen and oxygen atoms in total. The molecule has 2 aliphatic rings. The Labute approximate surface area is 162 Å². The highest BCUT2D eigenvalue weighted by Crippen LogP contribution is 2.39. The zero-order valence-corrected chi connectivity index (χ0v) is 14.8. The van der Waals surface area contributed by atoms with E-state index in [0.717, 1.165) is 16.7 Å². The molecule has 3 aromatic carbocycles. The second kappa shape index (κ2) is 6.67. The quantitative estimate of drug-likeness (QED) is 0.482. The molecule has 0 saturated carbocycles. The van der Waals surface area contributed by atoms with Crippen molar-refractivity contribution in [1.82, 2.24) is 0 Å². The second-order valence-corrected chi connectivity index (χ2v) is 6.41. The van der Waals surface area contributed by atoms with Gasteiger partial charge in [0.05, 0.1) is 0 Å². The molecule has 0 atom stereocenters. The first-order valence-electron chi connectivity index (χ1n) is 8.94. The summed E-state index contributed by atoms with van der Waals surface area (Å²) < 4.78 is 11.5. The third-order valence-corrected chi connectivity index (χ3v) is 4.60. The van der Waals surface area contributed by atoms with Gasteiger partial charge in [-0.3, -0.25) is 0 Å². The molecule has 0 saturated heterocycles. The van der Waals surface area contributed by atoms with Crippen LogP contribution in [0.4, 0.5) is 0 Å². The number of allylic oxidation sites excluding steroid dienone is 2. The summed E-state index contributed by atoms with van der Waals surface area (Å²) in [4.78, 5) is 17.2. The summed E-state index contributed by atoms with van der Waals surface area (Å²) >= 11 is 0. The lowest BCUT2D eigenvalue weighted by Crippen LogP contribution is -2.08. The molecule has 4 heteroatoms. The Morgan fingerprint density at radius 1 is 0.679 bits per heavy atom. The van der Waals surface area contributed by atoms with Gasteiger partial charge in [0.2, 0.25) is 5.90 Å². The van der Waals surface area contributed by atoms with E-state index in [0.29, 0.717) is 23.0 Å². The van der Waals surface area contributed by atoms with Crippen LogP contribution in [-0.4, -0.2) is 11.9 Å². The molecular formula is C24H15NO3. The van der Waals surface area contributed by atoms with Crippen LogP contribution in [0.1, 0.15) is 16.7 Å². The van der Waals surface area contributed by atoms with Crippen LogP contribution < -0.4 is 4.74 Å². The number of nitrogens with zero attached hydrogens (tertiary/aromatic N) is 1. The molecule has 134 valence electrons. The average molecular weight is 365 g/mol. The third-order valence-electron chi connectivity index (χ3n) is 4.60. The van der Waals surface area contributed by atoms with Crippen LogP contribution in [0, 0.1) is 0 Å². The zero-order valence-electron chi connectivity index (χ0n) is 14.8. The van der Waals surface area contributed by atoms with Crippen molar-refractivity contribution in [2.24, 2.45) is 4.99 Å². The van der Waals surface area contributed by atoms with Crippen molar-refractivity contribution in [2.45, 2.75) is 0 Å². The number of aliphatic imine (C=N–C) groups is 1. The van der Waals surface area contributed by atoms with Crippen LogP contribution in [0.5, 0.6) is 5.75 Å².